The Kier molecular flexibility index (Phi) is 4.21. The number of carbonyl (C=O) groups is 1. The van der Waals surface area contributed by atoms with E-state index in [4.69, 9.17) is 4.98 Å². The van der Waals surface area contributed by atoms with Gasteiger partial charge in [0.2, 0.25) is 0 Å². The van der Waals surface area contributed by atoms with E-state index < -0.39 is 0 Å². The molecule has 0 radical (unpaired) electrons. The van der Waals surface area contributed by atoms with E-state index in [1.807, 2.05) is 10.9 Å². The number of amides is 1. The maximum absolute atomic E-state index is 13.5. The third kappa shape index (κ3) is 3.05. The van der Waals surface area contributed by atoms with Crippen LogP contribution < -0.4 is 0 Å². The number of nitrogens with zero attached hydrogens (tertiary/aromatic N) is 4. The van der Waals surface area contributed by atoms with E-state index >= 15 is 0 Å². The Morgan fingerprint density at radius 3 is 2.63 bits per heavy atom. The predicted molar refractivity (Wildman–Crippen MR) is 106 cm³/mol. The summed E-state index contributed by atoms with van der Waals surface area (Å²) in [6, 6.07) is 2.31. The summed E-state index contributed by atoms with van der Waals surface area (Å²) in [6.45, 7) is 6.08. The Morgan fingerprint density at radius 2 is 1.89 bits per heavy atom. The van der Waals surface area contributed by atoms with Gasteiger partial charge in [-0.25, -0.2) is 9.67 Å². The summed E-state index contributed by atoms with van der Waals surface area (Å²) in [5, 5.41) is 5.47. The van der Waals surface area contributed by atoms with E-state index in [0.29, 0.717) is 11.8 Å². The molecule has 0 aromatic carbocycles. The molecule has 1 aliphatic heterocycles. The number of pyridine rings is 1. The van der Waals surface area contributed by atoms with Crippen molar-refractivity contribution < 1.29 is 4.79 Å². The summed E-state index contributed by atoms with van der Waals surface area (Å²) in [5.41, 5.74) is 2.79. The molecule has 0 N–H and O–H groups in total. The topological polar surface area (TPSA) is 51.0 Å². The molecule has 0 spiro atoms. The monoisotopic (exact) mass is 366 g/mol. The quantitative estimate of drug-likeness (QED) is 0.801. The minimum Gasteiger partial charge on any atom is -0.338 e. The van der Waals surface area contributed by atoms with Crippen LogP contribution in [-0.4, -0.2) is 38.7 Å². The second-order valence-corrected chi connectivity index (χ2v) is 9.13. The lowest BCUT2D eigenvalue weighted by atomic mass is 9.75. The fraction of sp³-hybridized carbons (Fsp3) is 0.682. The lowest BCUT2D eigenvalue weighted by Gasteiger charge is -2.41. The molecule has 2 aromatic rings. The number of aromatic nitrogens is 3. The molecule has 0 bridgehead atoms. The molecule has 5 rings (SSSR count). The number of hydrogen-bond donors (Lipinski definition) is 0. The van der Waals surface area contributed by atoms with Crippen molar-refractivity contribution in [3.63, 3.8) is 0 Å². The third-order valence-electron chi connectivity index (χ3n) is 6.88. The first-order chi connectivity index (χ1) is 13.1. The summed E-state index contributed by atoms with van der Waals surface area (Å²) in [4.78, 5) is 20.5. The minimum atomic E-state index is 0.191. The molecule has 2 aliphatic carbocycles. The zero-order chi connectivity index (χ0) is 18.5. The van der Waals surface area contributed by atoms with Crippen molar-refractivity contribution in [1.82, 2.24) is 19.7 Å². The minimum absolute atomic E-state index is 0.191. The van der Waals surface area contributed by atoms with Gasteiger partial charge in [0.05, 0.1) is 17.1 Å². The maximum Gasteiger partial charge on any atom is 0.254 e. The van der Waals surface area contributed by atoms with Crippen LogP contribution in [0.4, 0.5) is 0 Å². The van der Waals surface area contributed by atoms with Gasteiger partial charge in [-0.3, -0.25) is 4.79 Å². The lowest BCUT2D eigenvalue weighted by Crippen LogP contribution is -2.44. The average Bonchev–Trinajstić information content (AvgIpc) is 3.45. The summed E-state index contributed by atoms with van der Waals surface area (Å²) < 4.78 is 1.96. The van der Waals surface area contributed by atoms with E-state index in [1.54, 1.807) is 0 Å². The fourth-order valence-corrected chi connectivity index (χ4v) is 5.14. The standard InChI is InChI=1S/C22H30N4O/c1-14(2)26-21-19(12-23-26)18(11-20(24-21)16-7-8-16)22(27)25-10-9-15-5-3-4-6-17(15)13-25/h11-12,14-17H,3-10,13H2,1-2H3/t15-,17-/m1/s1. The molecular weight excluding hydrogens is 336 g/mol. The normalized spacial score (nSPS) is 25.8. The van der Waals surface area contributed by atoms with Gasteiger partial charge >= 0.3 is 0 Å². The van der Waals surface area contributed by atoms with Crippen molar-refractivity contribution in [2.45, 2.75) is 70.8 Å². The van der Waals surface area contributed by atoms with Crippen molar-refractivity contribution in [3.8, 4) is 0 Å². The van der Waals surface area contributed by atoms with Crippen LogP contribution in [0.3, 0.4) is 0 Å². The van der Waals surface area contributed by atoms with Gasteiger partial charge in [0, 0.05) is 30.7 Å². The molecule has 27 heavy (non-hydrogen) atoms. The summed E-state index contributed by atoms with van der Waals surface area (Å²) in [5.74, 6) is 2.26. The van der Waals surface area contributed by atoms with Gasteiger partial charge in [-0.1, -0.05) is 19.3 Å². The van der Waals surface area contributed by atoms with Crippen LogP contribution in [0, 0.1) is 11.8 Å². The van der Waals surface area contributed by atoms with Crippen LogP contribution in [-0.2, 0) is 0 Å². The Hall–Kier alpha value is -1.91. The molecule has 2 atom stereocenters. The van der Waals surface area contributed by atoms with Crippen molar-refractivity contribution in [1.29, 1.82) is 0 Å². The van der Waals surface area contributed by atoms with Gasteiger partial charge < -0.3 is 4.90 Å². The van der Waals surface area contributed by atoms with Crippen LogP contribution in [0.5, 0.6) is 0 Å². The van der Waals surface area contributed by atoms with Crippen molar-refractivity contribution in [2.24, 2.45) is 11.8 Å². The average molecular weight is 367 g/mol. The molecule has 3 aliphatic rings. The maximum atomic E-state index is 13.5. The molecular formula is C22H30N4O. The molecule has 2 saturated carbocycles. The van der Waals surface area contributed by atoms with E-state index in [1.165, 1.54) is 44.9 Å². The van der Waals surface area contributed by atoms with Gasteiger partial charge in [0.15, 0.2) is 5.65 Å². The number of fused-ring (bicyclic) bond motifs is 2. The number of piperidine rings is 1. The van der Waals surface area contributed by atoms with E-state index in [0.717, 1.165) is 41.3 Å². The zero-order valence-corrected chi connectivity index (χ0v) is 16.5. The first kappa shape index (κ1) is 17.2. The first-order valence-electron chi connectivity index (χ1n) is 10.8. The molecule has 5 heteroatoms. The number of hydrogen-bond acceptors (Lipinski definition) is 3. The van der Waals surface area contributed by atoms with Crippen molar-refractivity contribution >= 4 is 16.9 Å². The highest BCUT2D eigenvalue weighted by Crippen LogP contribution is 2.41. The van der Waals surface area contributed by atoms with Gasteiger partial charge in [0.25, 0.3) is 5.91 Å². The Bertz CT molecular complexity index is 867. The van der Waals surface area contributed by atoms with Crippen LogP contribution in [0.15, 0.2) is 12.3 Å². The second-order valence-electron chi connectivity index (χ2n) is 9.13. The summed E-state index contributed by atoms with van der Waals surface area (Å²) in [7, 11) is 0. The second kappa shape index (κ2) is 6.61. The van der Waals surface area contributed by atoms with E-state index in [9.17, 15) is 4.79 Å². The third-order valence-corrected chi connectivity index (χ3v) is 6.88. The van der Waals surface area contributed by atoms with Crippen molar-refractivity contribution in [3.05, 3.63) is 23.5 Å². The highest BCUT2D eigenvalue weighted by atomic mass is 16.2. The van der Waals surface area contributed by atoms with Crippen molar-refractivity contribution in [2.75, 3.05) is 13.1 Å². The fourth-order valence-electron chi connectivity index (χ4n) is 5.14. The van der Waals surface area contributed by atoms with Crippen LogP contribution >= 0.6 is 0 Å². The van der Waals surface area contributed by atoms with Crippen LogP contribution in [0.2, 0.25) is 0 Å². The molecule has 1 saturated heterocycles. The largest absolute Gasteiger partial charge is 0.338 e. The van der Waals surface area contributed by atoms with Gasteiger partial charge in [-0.05, 0) is 57.4 Å². The highest BCUT2D eigenvalue weighted by molar-refractivity contribution is 6.05. The molecule has 3 fully saturated rings. The Morgan fingerprint density at radius 1 is 1.11 bits per heavy atom. The van der Waals surface area contributed by atoms with Gasteiger partial charge in [-0.15, -0.1) is 0 Å². The predicted octanol–water partition coefficient (Wildman–Crippen LogP) is 4.54. The van der Waals surface area contributed by atoms with E-state index in [2.05, 4.69) is 29.9 Å². The molecule has 0 unspecified atom stereocenters. The molecule has 3 heterocycles. The van der Waals surface area contributed by atoms with E-state index in [-0.39, 0.29) is 11.9 Å². The number of carbonyl (C=O) groups excluding carboxylic acids is 1. The first-order valence-corrected chi connectivity index (χ1v) is 10.8. The summed E-state index contributed by atoms with van der Waals surface area (Å²) >= 11 is 0. The zero-order valence-electron chi connectivity index (χ0n) is 16.5. The number of likely N-dealkylation sites (tertiary alicyclic amines) is 1. The molecule has 144 valence electrons. The Balaban J connectivity index is 1.50. The lowest BCUT2D eigenvalue weighted by molar-refractivity contribution is 0.0522. The molecule has 2 aromatic heterocycles. The van der Waals surface area contributed by atoms with Gasteiger partial charge in [-0.2, -0.15) is 5.10 Å². The Labute approximate surface area is 161 Å². The SMILES string of the molecule is CC(C)n1ncc2c(C(=O)N3CC[C@H]4CCCC[C@@H]4C3)cc(C3CC3)nc21. The van der Waals surface area contributed by atoms with Crippen LogP contribution in [0.25, 0.3) is 11.0 Å². The molecule has 5 nitrogen and oxygen atoms in total. The highest BCUT2D eigenvalue weighted by Gasteiger charge is 2.35. The number of rotatable bonds is 3. The van der Waals surface area contributed by atoms with Gasteiger partial charge in [0.1, 0.15) is 0 Å². The molecule has 1 amide bonds. The summed E-state index contributed by atoms with van der Waals surface area (Å²) in [6.07, 6.45) is 10.8. The van der Waals surface area contributed by atoms with Crippen LogP contribution in [0.1, 0.15) is 86.8 Å². The smallest absolute Gasteiger partial charge is 0.254 e.